The van der Waals surface area contributed by atoms with Gasteiger partial charge in [-0.3, -0.25) is 0 Å². The molecule has 2 aromatic heterocycles. The van der Waals surface area contributed by atoms with E-state index in [4.69, 9.17) is 13.9 Å². The van der Waals surface area contributed by atoms with Crippen molar-refractivity contribution in [3.8, 4) is 0 Å². The molecule has 0 amide bonds. The molecular weight excluding hydrogens is 422 g/mol. The van der Waals surface area contributed by atoms with Crippen LogP contribution < -0.4 is 5.32 Å². The number of aromatic nitrogens is 1. The summed E-state index contributed by atoms with van der Waals surface area (Å²) in [6, 6.07) is 10.4. The highest BCUT2D eigenvalue weighted by molar-refractivity contribution is 7.89. The number of ether oxygens (including phenoxy) is 2. The zero-order valence-electron chi connectivity index (χ0n) is 17.2. The van der Waals surface area contributed by atoms with Crippen LogP contribution in [0.5, 0.6) is 0 Å². The van der Waals surface area contributed by atoms with E-state index < -0.39 is 16.0 Å². The minimum absolute atomic E-state index is 0.0521. The van der Waals surface area contributed by atoms with Crippen LogP contribution in [0.3, 0.4) is 0 Å². The van der Waals surface area contributed by atoms with Gasteiger partial charge in [-0.1, -0.05) is 18.2 Å². The fourth-order valence-corrected chi connectivity index (χ4v) is 4.94. The molecule has 0 spiro atoms. The molecule has 0 radical (unpaired) electrons. The number of morpholine rings is 1. The number of benzene rings is 1. The molecule has 164 valence electrons. The minimum atomic E-state index is -3.92. The van der Waals surface area contributed by atoms with Crippen LogP contribution in [0.4, 0.5) is 5.82 Å². The number of fused-ring (bicyclic) bond motifs is 1. The van der Waals surface area contributed by atoms with Crippen molar-refractivity contribution in [2.24, 2.45) is 0 Å². The fraction of sp³-hybridized carbons (Fsp3) is 0.333. The van der Waals surface area contributed by atoms with Gasteiger partial charge in [-0.2, -0.15) is 4.31 Å². The molecule has 1 N–H and O–H groups in total. The van der Waals surface area contributed by atoms with Gasteiger partial charge in [-0.15, -0.1) is 0 Å². The third-order valence-electron chi connectivity index (χ3n) is 5.09. The number of para-hydroxylation sites is 1. The van der Waals surface area contributed by atoms with E-state index in [1.165, 1.54) is 23.7 Å². The topological polar surface area (TPSA) is 111 Å². The summed E-state index contributed by atoms with van der Waals surface area (Å²) in [5.41, 5.74) is 0.789. The Labute approximate surface area is 180 Å². The molecule has 1 atom stereocenters. The normalized spacial score (nSPS) is 16.2. The minimum Gasteiger partial charge on any atom is -0.465 e. The van der Waals surface area contributed by atoms with Crippen molar-refractivity contribution < 1.29 is 27.1 Å². The summed E-state index contributed by atoms with van der Waals surface area (Å²) in [4.78, 5) is 16.1. The average molecular weight is 445 g/mol. The van der Waals surface area contributed by atoms with Crippen molar-refractivity contribution in [1.29, 1.82) is 0 Å². The SMILES string of the molecule is COC(=O)c1cnc(N[C@@H](C)c2cc3ccccc3o2)c(S(=O)(=O)N2CCOCC2)c1. The molecule has 9 nitrogen and oxygen atoms in total. The van der Waals surface area contributed by atoms with Crippen LogP contribution >= 0.6 is 0 Å². The number of furan rings is 1. The molecule has 0 unspecified atom stereocenters. The second-order valence-electron chi connectivity index (χ2n) is 7.13. The van der Waals surface area contributed by atoms with Crippen molar-refractivity contribution in [1.82, 2.24) is 9.29 Å². The Balaban J connectivity index is 1.71. The maximum absolute atomic E-state index is 13.3. The molecule has 0 saturated carbocycles. The molecule has 3 aromatic rings. The van der Waals surface area contributed by atoms with Crippen molar-refractivity contribution in [2.75, 3.05) is 38.7 Å². The Bertz CT molecular complexity index is 1170. The molecule has 0 bridgehead atoms. The fourth-order valence-electron chi connectivity index (χ4n) is 3.40. The van der Waals surface area contributed by atoms with Crippen LogP contribution in [0.1, 0.15) is 29.1 Å². The van der Waals surface area contributed by atoms with E-state index in [0.717, 1.165) is 11.0 Å². The van der Waals surface area contributed by atoms with Crippen LogP contribution in [-0.4, -0.2) is 57.1 Å². The van der Waals surface area contributed by atoms with Crippen molar-refractivity contribution in [3.05, 3.63) is 53.9 Å². The highest BCUT2D eigenvalue weighted by atomic mass is 32.2. The summed E-state index contributed by atoms with van der Waals surface area (Å²) < 4.78 is 43.9. The maximum atomic E-state index is 13.3. The molecule has 3 heterocycles. The number of methoxy groups -OCH3 is 1. The third kappa shape index (κ3) is 4.27. The number of hydrogen-bond acceptors (Lipinski definition) is 8. The zero-order chi connectivity index (χ0) is 22.0. The van der Waals surface area contributed by atoms with Crippen LogP contribution in [0, 0.1) is 0 Å². The number of sulfonamides is 1. The zero-order valence-corrected chi connectivity index (χ0v) is 18.0. The first-order chi connectivity index (χ1) is 14.9. The molecule has 10 heteroatoms. The number of esters is 1. The van der Waals surface area contributed by atoms with E-state index in [2.05, 4.69) is 10.3 Å². The first-order valence-corrected chi connectivity index (χ1v) is 11.3. The van der Waals surface area contributed by atoms with Gasteiger partial charge in [-0.25, -0.2) is 18.2 Å². The number of hydrogen-bond donors (Lipinski definition) is 1. The highest BCUT2D eigenvalue weighted by Gasteiger charge is 2.31. The van der Waals surface area contributed by atoms with Gasteiger partial charge in [0.1, 0.15) is 22.1 Å². The van der Waals surface area contributed by atoms with Crippen LogP contribution in [-0.2, 0) is 19.5 Å². The average Bonchev–Trinajstić information content (AvgIpc) is 3.24. The molecule has 1 saturated heterocycles. The lowest BCUT2D eigenvalue weighted by atomic mass is 10.2. The van der Waals surface area contributed by atoms with Gasteiger partial charge in [0.05, 0.1) is 31.9 Å². The molecule has 4 rings (SSSR count). The molecule has 1 fully saturated rings. The predicted molar refractivity (Wildman–Crippen MR) is 113 cm³/mol. The summed E-state index contributed by atoms with van der Waals surface area (Å²) >= 11 is 0. The molecule has 1 aliphatic heterocycles. The lowest BCUT2D eigenvalue weighted by molar-refractivity contribution is 0.0600. The van der Waals surface area contributed by atoms with Gasteiger partial charge in [0, 0.05) is 24.7 Å². The smallest absolute Gasteiger partial charge is 0.339 e. The van der Waals surface area contributed by atoms with Crippen LogP contribution in [0.25, 0.3) is 11.0 Å². The van der Waals surface area contributed by atoms with Gasteiger partial charge in [0.15, 0.2) is 0 Å². The van der Waals surface area contributed by atoms with Gasteiger partial charge < -0.3 is 19.2 Å². The van der Waals surface area contributed by atoms with Crippen molar-refractivity contribution in [2.45, 2.75) is 17.9 Å². The Hall–Kier alpha value is -2.95. The van der Waals surface area contributed by atoms with E-state index in [1.54, 1.807) is 0 Å². The Morgan fingerprint density at radius 2 is 1.97 bits per heavy atom. The Kier molecular flexibility index (Phi) is 5.94. The van der Waals surface area contributed by atoms with E-state index in [-0.39, 0.29) is 35.4 Å². The molecular formula is C21H23N3O6S. The van der Waals surface area contributed by atoms with Gasteiger partial charge in [0.25, 0.3) is 0 Å². The summed E-state index contributed by atoms with van der Waals surface area (Å²) in [6.07, 6.45) is 1.29. The first kappa shape index (κ1) is 21.3. The van der Waals surface area contributed by atoms with E-state index in [9.17, 15) is 13.2 Å². The number of pyridine rings is 1. The number of rotatable bonds is 6. The van der Waals surface area contributed by atoms with E-state index in [0.29, 0.717) is 19.0 Å². The summed E-state index contributed by atoms with van der Waals surface area (Å²) in [5, 5.41) is 4.07. The number of carbonyl (C=O) groups is 1. The number of nitrogens with one attached hydrogen (secondary N) is 1. The number of carbonyl (C=O) groups excluding carboxylic acids is 1. The lowest BCUT2D eigenvalue weighted by Gasteiger charge is -2.27. The third-order valence-corrected chi connectivity index (χ3v) is 7.00. The van der Waals surface area contributed by atoms with Crippen molar-refractivity contribution >= 4 is 32.8 Å². The standard InChI is InChI=1S/C21H23N3O6S/c1-14(18-11-15-5-3-4-6-17(15)30-18)23-20-19(12-16(13-22-20)21(25)28-2)31(26,27)24-7-9-29-10-8-24/h3-6,11-14H,7-10H2,1-2H3,(H,22,23)/t14-/m0/s1. The molecule has 31 heavy (non-hydrogen) atoms. The van der Waals surface area contributed by atoms with Crippen molar-refractivity contribution in [3.63, 3.8) is 0 Å². The maximum Gasteiger partial charge on any atom is 0.339 e. The quantitative estimate of drug-likeness (QED) is 0.577. The van der Waals surface area contributed by atoms with Crippen LogP contribution in [0.15, 0.2) is 51.9 Å². The van der Waals surface area contributed by atoms with E-state index >= 15 is 0 Å². The molecule has 1 aromatic carbocycles. The van der Waals surface area contributed by atoms with E-state index in [1.807, 2.05) is 37.3 Å². The predicted octanol–water partition coefficient (Wildman–Crippen LogP) is 2.81. The second-order valence-corrected chi connectivity index (χ2v) is 9.04. The largest absolute Gasteiger partial charge is 0.465 e. The second kappa shape index (κ2) is 8.66. The van der Waals surface area contributed by atoms with Gasteiger partial charge in [0.2, 0.25) is 10.0 Å². The summed E-state index contributed by atoms with van der Waals surface area (Å²) in [6.45, 7) is 2.91. The van der Waals surface area contributed by atoms with Gasteiger partial charge in [-0.05, 0) is 25.1 Å². The monoisotopic (exact) mass is 445 g/mol. The Morgan fingerprint density at radius 3 is 2.68 bits per heavy atom. The molecule has 0 aliphatic carbocycles. The lowest BCUT2D eigenvalue weighted by Crippen LogP contribution is -2.41. The van der Waals surface area contributed by atoms with Crippen LogP contribution in [0.2, 0.25) is 0 Å². The molecule has 1 aliphatic rings. The number of anilines is 1. The highest BCUT2D eigenvalue weighted by Crippen LogP contribution is 2.30. The summed E-state index contributed by atoms with van der Waals surface area (Å²) in [5.74, 6) is 0.102. The number of nitrogens with zero attached hydrogens (tertiary/aromatic N) is 2. The Morgan fingerprint density at radius 1 is 1.23 bits per heavy atom. The summed E-state index contributed by atoms with van der Waals surface area (Å²) in [7, 11) is -2.69. The van der Waals surface area contributed by atoms with Gasteiger partial charge >= 0.3 is 5.97 Å². The first-order valence-electron chi connectivity index (χ1n) is 9.81.